The fraction of sp³-hybridized carbons (Fsp3) is 0.143. The van der Waals surface area contributed by atoms with Gasteiger partial charge in [-0.1, -0.05) is 10.4 Å². The van der Waals surface area contributed by atoms with E-state index in [2.05, 4.69) is 25.4 Å². The number of ether oxygens (including phenoxy) is 3. The zero-order valence-electron chi connectivity index (χ0n) is 17.2. The van der Waals surface area contributed by atoms with Crippen LogP contribution in [0.5, 0.6) is 17.2 Å². The second-order valence-corrected chi connectivity index (χ2v) is 7.13. The fourth-order valence-electron chi connectivity index (χ4n) is 3.47. The maximum atomic E-state index is 12.9. The van der Waals surface area contributed by atoms with Crippen LogP contribution in [0.3, 0.4) is 0 Å². The lowest BCUT2D eigenvalue weighted by molar-refractivity contribution is 0.174. The van der Waals surface area contributed by atoms with E-state index in [-0.39, 0.29) is 30.3 Å². The first kappa shape index (κ1) is 19.0. The average molecular weight is 445 g/mol. The summed E-state index contributed by atoms with van der Waals surface area (Å²) in [6.45, 7) is 0.215. The van der Waals surface area contributed by atoms with Gasteiger partial charge in [-0.05, 0) is 42.5 Å². The zero-order valence-corrected chi connectivity index (χ0v) is 17.2. The van der Waals surface area contributed by atoms with Crippen LogP contribution in [0, 0.1) is 0 Å². The van der Waals surface area contributed by atoms with E-state index in [4.69, 9.17) is 18.7 Å². The summed E-state index contributed by atoms with van der Waals surface area (Å²) in [6, 6.07) is 12.5. The molecule has 0 atom stereocenters. The van der Waals surface area contributed by atoms with Crippen molar-refractivity contribution < 1.29 is 18.7 Å². The van der Waals surface area contributed by atoms with Gasteiger partial charge in [-0.15, -0.1) is 5.10 Å². The molecule has 1 aliphatic rings. The van der Waals surface area contributed by atoms with Gasteiger partial charge in [0.2, 0.25) is 18.5 Å². The van der Waals surface area contributed by atoms with Gasteiger partial charge in [0.1, 0.15) is 18.6 Å². The Kier molecular flexibility index (Phi) is 4.28. The van der Waals surface area contributed by atoms with Crippen molar-refractivity contribution in [3.8, 4) is 34.3 Å². The smallest absolute Gasteiger partial charge is 0.284 e. The van der Waals surface area contributed by atoms with Crippen molar-refractivity contribution in [2.75, 3.05) is 13.9 Å². The van der Waals surface area contributed by atoms with Crippen molar-refractivity contribution in [2.45, 2.75) is 6.54 Å². The van der Waals surface area contributed by atoms with E-state index >= 15 is 0 Å². The summed E-state index contributed by atoms with van der Waals surface area (Å²) in [5, 5.41) is 12.1. The molecule has 12 nitrogen and oxygen atoms in total. The Hall–Kier alpha value is -4.74. The van der Waals surface area contributed by atoms with Gasteiger partial charge in [0.05, 0.1) is 12.8 Å². The van der Waals surface area contributed by atoms with Crippen LogP contribution in [0.15, 0.2) is 58.1 Å². The Morgan fingerprint density at radius 1 is 1.09 bits per heavy atom. The molecular weight excluding hydrogens is 430 g/mol. The molecule has 5 aromatic rings. The molecule has 164 valence electrons. The molecule has 0 saturated carbocycles. The maximum Gasteiger partial charge on any atom is 0.284 e. The number of methoxy groups -OCH3 is 1. The molecule has 6 rings (SSSR count). The molecule has 0 N–H and O–H groups in total. The second-order valence-electron chi connectivity index (χ2n) is 7.13. The van der Waals surface area contributed by atoms with Crippen LogP contribution in [-0.4, -0.2) is 48.6 Å². The predicted molar refractivity (Wildman–Crippen MR) is 112 cm³/mol. The van der Waals surface area contributed by atoms with Gasteiger partial charge in [0.25, 0.3) is 5.56 Å². The summed E-state index contributed by atoms with van der Waals surface area (Å²) in [5.41, 5.74) is 1.50. The minimum atomic E-state index is -0.373. The highest BCUT2D eigenvalue weighted by Gasteiger charge is 2.18. The van der Waals surface area contributed by atoms with Crippen LogP contribution in [-0.2, 0) is 6.54 Å². The van der Waals surface area contributed by atoms with Crippen LogP contribution in [0.25, 0.3) is 28.2 Å². The van der Waals surface area contributed by atoms with Crippen molar-refractivity contribution in [2.24, 2.45) is 0 Å². The van der Waals surface area contributed by atoms with Gasteiger partial charge < -0.3 is 18.7 Å². The standard InChI is InChI=1S/C21H15N7O5/c1-30-14-5-3-13(4-6-14)28-20-18(24-26-28)21(29)27(10-22-20)9-17-23-19(25-33-17)12-2-7-15-16(8-12)32-11-31-15/h2-8,10H,9,11H2,1H3. The van der Waals surface area contributed by atoms with E-state index < -0.39 is 0 Å². The van der Waals surface area contributed by atoms with E-state index in [1.54, 1.807) is 49.6 Å². The molecular formula is C21H15N7O5. The Bertz CT molecular complexity index is 1540. The molecule has 0 radical (unpaired) electrons. The molecule has 1 aliphatic heterocycles. The summed E-state index contributed by atoms with van der Waals surface area (Å²) in [6.07, 6.45) is 1.40. The van der Waals surface area contributed by atoms with Crippen LogP contribution >= 0.6 is 0 Å². The highest BCUT2D eigenvalue weighted by atomic mass is 16.7. The molecule has 2 aromatic carbocycles. The zero-order chi connectivity index (χ0) is 22.4. The minimum Gasteiger partial charge on any atom is -0.497 e. The Balaban J connectivity index is 1.28. The Morgan fingerprint density at radius 3 is 2.79 bits per heavy atom. The molecule has 4 heterocycles. The van der Waals surface area contributed by atoms with Gasteiger partial charge in [-0.3, -0.25) is 9.36 Å². The highest BCUT2D eigenvalue weighted by Crippen LogP contribution is 2.35. The van der Waals surface area contributed by atoms with Gasteiger partial charge in [0.15, 0.2) is 22.7 Å². The third-order valence-corrected chi connectivity index (χ3v) is 5.15. The summed E-state index contributed by atoms with van der Waals surface area (Å²) in [5.74, 6) is 2.60. The molecule has 0 unspecified atom stereocenters. The van der Waals surface area contributed by atoms with E-state index in [0.29, 0.717) is 40.0 Å². The van der Waals surface area contributed by atoms with Gasteiger partial charge in [-0.25, -0.2) is 4.98 Å². The first-order valence-electron chi connectivity index (χ1n) is 9.87. The second kappa shape index (κ2) is 7.44. The first-order valence-corrected chi connectivity index (χ1v) is 9.87. The van der Waals surface area contributed by atoms with Crippen LogP contribution in [0.1, 0.15) is 5.89 Å². The van der Waals surface area contributed by atoms with E-state index in [0.717, 1.165) is 0 Å². The summed E-state index contributed by atoms with van der Waals surface area (Å²) >= 11 is 0. The van der Waals surface area contributed by atoms with Gasteiger partial charge in [-0.2, -0.15) is 9.67 Å². The van der Waals surface area contributed by atoms with Crippen molar-refractivity contribution in [1.29, 1.82) is 0 Å². The molecule has 0 amide bonds. The molecule has 33 heavy (non-hydrogen) atoms. The third kappa shape index (κ3) is 3.24. The summed E-state index contributed by atoms with van der Waals surface area (Å²) in [7, 11) is 1.59. The molecule has 12 heteroatoms. The van der Waals surface area contributed by atoms with Crippen LogP contribution < -0.4 is 19.8 Å². The predicted octanol–water partition coefficient (Wildman–Crippen LogP) is 1.81. The number of rotatable bonds is 5. The Morgan fingerprint density at radius 2 is 1.94 bits per heavy atom. The van der Waals surface area contributed by atoms with Crippen LogP contribution in [0.4, 0.5) is 0 Å². The normalized spacial score (nSPS) is 12.4. The lowest BCUT2D eigenvalue weighted by atomic mass is 10.2. The molecule has 0 aliphatic carbocycles. The number of hydrogen-bond acceptors (Lipinski definition) is 10. The van der Waals surface area contributed by atoms with Crippen molar-refractivity contribution in [3.63, 3.8) is 0 Å². The SMILES string of the molecule is COc1ccc(-n2nnc3c(=O)n(Cc4nc(-c5ccc6c(c5)OCO6)no4)cnc32)cc1. The monoisotopic (exact) mass is 445 g/mol. The van der Waals surface area contributed by atoms with E-state index in [1.165, 1.54) is 15.6 Å². The molecule has 0 bridgehead atoms. The van der Waals surface area contributed by atoms with Crippen LogP contribution in [0.2, 0.25) is 0 Å². The highest BCUT2D eigenvalue weighted by molar-refractivity contribution is 5.70. The molecule has 3 aromatic heterocycles. The van der Waals surface area contributed by atoms with Crippen molar-refractivity contribution in [3.05, 3.63) is 65.0 Å². The minimum absolute atomic E-state index is 0.0364. The van der Waals surface area contributed by atoms with Gasteiger partial charge in [0, 0.05) is 5.56 Å². The van der Waals surface area contributed by atoms with Crippen molar-refractivity contribution >= 4 is 11.2 Å². The first-order chi connectivity index (χ1) is 16.2. The Labute approximate surface area is 185 Å². The van der Waals surface area contributed by atoms with Crippen molar-refractivity contribution in [1.82, 2.24) is 34.7 Å². The number of aromatic nitrogens is 7. The summed E-state index contributed by atoms with van der Waals surface area (Å²) < 4.78 is 24.0. The summed E-state index contributed by atoms with van der Waals surface area (Å²) in [4.78, 5) is 21.7. The van der Waals surface area contributed by atoms with E-state index in [9.17, 15) is 4.79 Å². The lowest BCUT2D eigenvalue weighted by Gasteiger charge is -2.04. The largest absolute Gasteiger partial charge is 0.497 e. The number of benzene rings is 2. The third-order valence-electron chi connectivity index (χ3n) is 5.15. The maximum absolute atomic E-state index is 12.9. The molecule has 0 spiro atoms. The quantitative estimate of drug-likeness (QED) is 0.394. The number of nitrogens with zero attached hydrogens (tertiary/aromatic N) is 7. The molecule has 0 fully saturated rings. The van der Waals surface area contributed by atoms with E-state index in [1.807, 2.05) is 0 Å². The van der Waals surface area contributed by atoms with Gasteiger partial charge >= 0.3 is 0 Å². The average Bonchev–Trinajstić information content (AvgIpc) is 3.60. The number of fused-ring (bicyclic) bond motifs is 2. The topological polar surface area (TPSA) is 132 Å². The fourth-order valence-corrected chi connectivity index (χ4v) is 3.47. The number of hydrogen-bond donors (Lipinski definition) is 0. The lowest BCUT2D eigenvalue weighted by Crippen LogP contribution is -2.21. The molecule has 0 saturated heterocycles.